The van der Waals surface area contributed by atoms with E-state index >= 15 is 0 Å². The van der Waals surface area contributed by atoms with Crippen LogP contribution in [0.15, 0.2) is 12.1 Å². The van der Waals surface area contributed by atoms with Gasteiger partial charge >= 0.3 is 0 Å². The summed E-state index contributed by atoms with van der Waals surface area (Å²) in [5, 5.41) is 0. The predicted octanol–water partition coefficient (Wildman–Crippen LogP) is 3.50. The van der Waals surface area contributed by atoms with Gasteiger partial charge in [0.25, 0.3) is 0 Å². The summed E-state index contributed by atoms with van der Waals surface area (Å²) in [4.78, 5) is 3.09. The van der Waals surface area contributed by atoms with Gasteiger partial charge in [-0.05, 0) is 49.7 Å². The van der Waals surface area contributed by atoms with E-state index in [9.17, 15) is 4.39 Å². The van der Waals surface area contributed by atoms with Crippen molar-refractivity contribution in [3.8, 4) is 0 Å². The first kappa shape index (κ1) is 11.9. The van der Waals surface area contributed by atoms with Gasteiger partial charge in [0.05, 0.1) is 11.0 Å². The maximum atomic E-state index is 13.5. The van der Waals surface area contributed by atoms with Gasteiger partial charge in [-0.15, -0.1) is 0 Å². The lowest BCUT2D eigenvalue weighted by molar-refractivity contribution is 0.0702. The highest BCUT2D eigenvalue weighted by Crippen LogP contribution is 2.27. The largest absolute Gasteiger partial charge is 0.381 e. The summed E-state index contributed by atoms with van der Waals surface area (Å²) in [7, 11) is 0. The first-order valence-corrected chi connectivity index (χ1v) is 6.56. The number of ether oxygens (including phenoxy) is 1. The number of aromatic amines is 1. The molecule has 0 aliphatic carbocycles. The number of rotatable bonds is 1. The minimum atomic E-state index is -0.196. The zero-order valence-corrected chi connectivity index (χ0v) is 11.0. The van der Waals surface area contributed by atoms with Crippen molar-refractivity contribution >= 4 is 23.3 Å². The molecule has 0 bridgehead atoms. The van der Waals surface area contributed by atoms with Gasteiger partial charge < -0.3 is 14.3 Å². The number of hydrogen-bond donors (Lipinski definition) is 1. The van der Waals surface area contributed by atoms with Crippen LogP contribution in [0.25, 0.3) is 11.0 Å². The molecule has 96 valence electrons. The fourth-order valence-electron chi connectivity index (χ4n) is 2.56. The maximum absolute atomic E-state index is 13.5. The summed E-state index contributed by atoms with van der Waals surface area (Å²) in [6.07, 6.45) is 1.91. The second kappa shape index (κ2) is 4.48. The number of halogens is 1. The van der Waals surface area contributed by atoms with Gasteiger partial charge in [-0.25, -0.2) is 4.39 Å². The van der Waals surface area contributed by atoms with E-state index in [1.165, 1.54) is 6.07 Å². The van der Waals surface area contributed by atoms with Crippen molar-refractivity contribution in [1.29, 1.82) is 0 Å². The molecule has 0 amide bonds. The van der Waals surface area contributed by atoms with Crippen molar-refractivity contribution in [1.82, 2.24) is 9.55 Å². The zero-order valence-electron chi connectivity index (χ0n) is 10.2. The number of fused-ring (bicyclic) bond motifs is 1. The van der Waals surface area contributed by atoms with E-state index in [4.69, 9.17) is 17.0 Å². The normalized spacial score (nSPS) is 17.4. The van der Waals surface area contributed by atoms with Gasteiger partial charge in [0.1, 0.15) is 5.82 Å². The molecule has 0 atom stereocenters. The summed E-state index contributed by atoms with van der Waals surface area (Å²) >= 11 is 5.36. The zero-order chi connectivity index (χ0) is 12.7. The van der Waals surface area contributed by atoms with E-state index in [2.05, 4.69) is 9.55 Å². The highest BCUT2D eigenvalue weighted by atomic mass is 32.1. The Balaban J connectivity index is 2.18. The molecule has 1 fully saturated rings. The number of aromatic nitrogens is 2. The second-order valence-electron chi connectivity index (χ2n) is 4.76. The summed E-state index contributed by atoms with van der Waals surface area (Å²) in [6, 6.07) is 3.74. The molecule has 1 aliphatic rings. The lowest BCUT2D eigenvalue weighted by Gasteiger charge is -2.24. The monoisotopic (exact) mass is 266 g/mol. The molecule has 3 nitrogen and oxygen atoms in total. The average Bonchev–Trinajstić information content (AvgIpc) is 2.66. The molecule has 0 radical (unpaired) electrons. The Kier molecular flexibility index (Phi) is 2.95. The van der Waals surface area contributed by atoms with E-state index in [0.717, 1.165) is 37.1 Å². The highest BCUT2D eigenvalue weighted by Gasteiger charge is 2.19. The Morgan fingerprint density at radius 1 is 1.39 bits per heavy atom. The van der Waals surface area contributed by atoms with Gasteiger partial charge in [-0.1, -0.05) is 0 Å². The molecule has 5 heteroatoms. The van der Waals surface area contributed by atoms with Crippen LogP contribution in [0.5, 0.6) is 0 Å². The molecule has 3 rings (SSSR count). The molecule has 0 unspecified atom stereocenters. The van der Waals surface area contributed by atoms with Gasteiger partial charge in [0.2, 0.25) is 0 Å². The number of H-pyrrole nitrogens is 1. The molecular weight excluding hydrogens is 251 g/mol. The second-order valence-corrected chi connectivity index (χ2v) is 5.15. The topological polar surface area (TPSA) is 29.9 Å². The summed E-state index contributed by atoms with van der Waals surface area (Å²) in [5.74, 6) is -0.196. The van der Waals surface area contributed by atoms with Crippen LogP contribution in [-0.2, 0) is 4.74 Å². The molecular formula is C13H15FN2OS. The maximum Gasteiger partial charge on any atom is 0.178 e. The van der Waals surface area contributed by atoms with Crippen LogP contribution >= 0.6 is 12.2 Å². The number of imidazole rings is 1. The van der Waals surface area contributed by atoms with Crippen LogP contribution in [0.1, 0.15) is 24.4 Å². The van der Waals surface area contributed by atoms with Gasteiger partial charge in [-0.2, -0.15) is 0 Å². The van der Waals surface area contributed by atoms with Crippen molar-refractivity contribution in [2.75, 3.05) is 13.2 Å². The number of nitrogens with one attached hydrogen (secondary N) is 1. The lowest BCUT2D eigenvalue weighted by Crippen LogP contribution is -2.19. The standard InChI is InChI=1S/C13H15FN2OS/c1-8-6-12-11(7-10(8)14)15-13(18)16(12)9-2-4-17-5-3-9/h6-7,9H,2-5H2,1H3,(H,15,18). The van der Waals surface area contributed by atoms with Crippen molar-refractivity contribution in [3.05, 3.63) is 28.3 Å². The van der Waals surface area contributed by atoms with Crippen molar-refractivity contribution in [3.63, 3.8) is 0 Å². The molecule has 1 N–H and O–H groups in total. The van der Waals surface area contributed by atoms with Crippen molar-refractivity contribution in [2.45, 2.75) is 25.8 Å². The summed E-state index contributed by atoms with van der Waals surface area (Å²) in [6.45, 7) is 3.30. The van der Waals surface area contributed by atoms with Crippen LogP contribution in [0, 0.1) is 17.5 Å². The number of benzene rings is 1. The molecule has 1 aromatic carbocycles. The van der Waals surface area contributed by atoms with Gasteiger partial charge in [0.15, 0.2) is 4.77 Å². The van der Waals surface area contributed by atoms with E-state index < -0.39 is 0 Å². The molecule has 1 aromatic heterocycles. The molecule has 0 spiro atoms. The first-order valence-electron chi connectivity index (χ1n) is 6.15. The molecule has 2 aromatic rings. The number of hydrogen-bond acceptors (Lipinski definition) is 2. The summed E-state index contributed by atoms with van der Waals surface area (Å²) in [5.41, 5.74) is 2.41. The van der Waals surface area contributed by atoms with E-state index in [1.54, 1.807) is 6.92 Å². The number of aryl methyl sites for hydroxylation is 1. The Morgan fingerprint density at radius 2 is 2.11 bits per heavy atom. The van der Waals surface area contributed by atoms with Crippen LogP contribution in [0.3, 0.4) is 0 Å². The third-order valence-corrected chi connectivity index (χ3v) is 3.85. The molecule has 2 heterocycles. The Hall–Kier alpha value is -1.20. The first-order chi connectivity index (χ1) is 8.66. The van der Waals surface area contributed by atoms with Crippen LogP contribution < -0.4 is 0 Å². The molecule has 1 saturated heterocycles. The van der Waals surface area contributed by atoms with Crippen molar-refractivity contribution in [2.24, 2.45) is 0 Å². The van der Waals surface area contributed by atoms with Crippen LogP contribution in [-0.4, -0.2) is 22.8 Å². The quantitative estimate of drug-likeness (QED) is 0.801. The molecule has 1 aliphatic heterocycles. The van der Waals surface area contributed by atoms with Gasteiger partial charge in [0, 0.05) is 19.3 Å². The Morgan fingerprint density at radius 3 is 2.83 bits per heavy atom. The minimum absolute atomic E-state index is 0.196. The van der Waals surface area contributed by atoms with Crippen molar-refractivity contribution < 1.29 is 9.13 Å². The fourth-order valence-corrected chi connectivity index (χ4v) is 2.91. The fraction of sp³-hybridized carbons (Fsp3) is 0.462. The van der Waals surface area contributed by atoms with E-state index in [-0.39, 0.29) is 5.82 Å². The Bertz CT molecular complexity index is 640. The van der Waals surface area contributed by atoms with E-state index in [0.29, 0.717) is 16.4 Å². The number of nitrogens with zero attached hydrogens (tertiary/aromatic N) is 1. The van der Waals surface area contributed by atoms with Crippen LogP contribution in [0.2, 0.25) is 0 Å². The predicted molar refractivity (Wildman–Crippen MR) is 70.9 cm³/mol. The SMILES string of the molecule is Cc1cc2c(cc1F)[nH]c(=S)n2C1CCOCC1. The van der Waals surface area contributed by atoms with Gasteiger partial charge in [-0.3, -0.25) is 0 Å². The minimum Gasteiger partial charge on any atom is -0.381 e. The highest BCUT2D eigenvalue weighted by molar-refractivity contribution is 7.71. The smallest absolute Gasteiger partial charge is 0.178 e. The van der Waals surface area contributed by atoms with E-state index in [1.807, 2.05) is 6.07 Å². The average molecular weight is 266 g/mol. The molecule has 0 saturated carbocycles. The lowest BCUT2D eigenvalue weighted by atomic mass is 10.1. The van der Waals surface area contributed by atoms with Crippen LogP contribution in [0.4, 0.5) is 4.39 Å². The third kappa shape index (κ3) is 1.87. The Labute approximate surface area is 110 Å². The summed E-state index contributed by atoms with van der Waals surface area (Å²) < 4.78 is 21.7. The third-order valence-electron chi connectivity index (χ3n) is 3.55. The molecule has 18 heavy (non-hydrogen) atoms.